The first-order valence-electron chi connectivity index (χ1n) is 5.99. The van der Waals surface area contributed by atoms with Gasteiger partial charge in [-0.2, -0.15) is 0 Å². The van der Waals surface area contributed by atoms with E-state index in [-0.39, 0.29) is 4.90 Å². The molecule has 0 aliphatic heterocycles. The highest BCUT2D eigenvalue weighted by Gasteiger charge is 2.17. The van der Waals surface area contributed by atoms with Gasteiger partial charge in [0.25, 0.3) is 0 Å². The molecule has 5 nitrogen and oxygen atoms in total. The van der Waals surface area contributed by atoms with Gasteiger partial charge in [-0.05, 0) is 40.5 Å². The molecule has 0 fully saturated rings. The summed E-state index contributed by atoms with van der Waals surface area (Å²) in [6.07, 6.45) is 0.606. The van der Waals surface area contributed by atoms with Crippen LogP contribution in [0.4, 0.5) is 0 Å². The highest BCUT2D eigenvalue weighted by atomic mass is 79.9. The first-order valence-corrected chi connectivity index (χ1v) is 9.05. The highest BCUT2D eigenvalue weighted by molar-refractivity contribution is 9.11. The summed E-state index contributed by atoms with van der Waals surface area (Å²) in [5, 5.41) is 0. The number of hydrogen-bond donors (Lipinski definition) is 1. The van der Waals surface area contributed by atoms with E-state index in [0.717, 1.165) is 0 Å². The van der Waals surface area contributed by atoms with Crippen molar-refractivity contribution in [2.75, 3.05) is 33.5 Å². The van der Waals surface area contributed by atoms with E-state index in [1.807, 2.05) is 0 Å². The van der Waals surface area contributed by atoms with Crippen molar-refractivity contribution in [2.24, 2.45) is 0 Å². The summed E-state index contributed by atoms with van der Waals surface area (Å²) >= 11 is 6.50. The molecule has 0 saturated heterocycles. The second-order valence-corrected chi connectivity index (χ2v) is 7.44. The minimum absolute atomic E-state index is 0.215. The van der Waals surface area contributed by atoms with Gasteiger partial charge < -0.3 is 9.47 Å². The summed E-state index contributed by atoms with van der Waals surface area (Å²) in [7, 11) is -1.91. The largest absolute Gasteiger partial charge is 0.382 e. The van der Waals surface area contributed by atoms with Crippen LogP contribution in [0.2, 0.25) is 0 Å². The van der Waals surface area contributed by atoms with E-state index in [4.69, 9.17) is 9.47 Å². The minimum Gasteiger partial charge on any atom is -0.382 e. The monoisotopic (exact) mass is 429 g/mol. The maximum Gasteiger partial charge on any atom is 0.241 e. The SMILES string of the molecule is COCCOCCCNS(=O)(=O)c1cc(Br)ccc1Br. The normalized spacial score (nSPS) is 11.8. The number of sulfonamides is 1. The van der Waals surface area contributed by atoms with Crippen LogP contribution >= 0.6 is 31.9 Å². The molecule has 0 amide bonds. The second-order valence-electron chi connectivity index (χ2n) is 3.93. The first kappa shape index (κ1) is 18.1. The Kier molecular flexibility index (Phi) is 8.23. The van der Waals surface area contributed by atoms with Crippen LogP contribution in [-0.4, -0.2) is 41.9 Å². The molecule has 0 heterocycles. The average Bonchev–Trinajstić information content (AvgIpc) is 2.40. The third-order valence-corrected chi connectivity index (χ3v) is 5.32. The maximum absolute atomic E-state index is 12.1. The van der Waals surface area contributed by atoms with E-state index in [1.165, 1.54) is 0 Å². The molecule has 114 valence electrons. The molecule has 1 rings (SSSR count). The average molecular weight is 431 g/mol. The zero-order valence-electron chi connectivity index (χ0n) is 11.1. The van der Waals surface area contributed by atoms with Crippen LogP contribution in [0.15, 0.2) is 32.0 Å². The zero-order chi connectivity index (χ0) is 15.0. The third-order valence-electron chi connectivity index (χ3n) is 2.37. The van der Waals surface area contributed by atoms with Crippen molar-refractivity contribution < 1.29 is 17.9 Å². The lowest BCUT2D eigenvalue weighted by Crippen LogP contribution is -2.26. The standard InChI is InChI=1S/C12H17Br2NO4S/c1-18-7-8-19-6-2-5-15-20(16,17)12-9-10(13)3-4-11(12)14/h3-4,9,15H,2,5-8H2,1H3. The zero-order valence-corrected chi connectivity index (χ0v) is 15.1. The molecule has 0 bridgehead atoms. The van der Waals surface area contributed by atoms with E-state index in [0.29, 0.717) is 41.7 Å². The number of benzene rings is 1. The van der Waals surface area contributed by atoms with Gasteiger partial charge in [0.1, 0.15) is 0 Å². The van der Waals surface area contributed by atoms with Crippen molar-refractivity contribution in [2.45, 2.75) is 11.3 Å². The summed E-state index contributed by atoms with van der Waals surface area (Å²) in [5.74, 6) is 0. The van der Waals surface area contributed by atoms with Crippen LogP contribution in [-0.2, 0) is 19.5 Å². The summed E-state index contributed by atoms with van der Waals surface area (Å²) < 4.78 is 38.1. The van der Waals surface area contributed by atoms with Gasteiger partial charge in [0.2, 0.25) is 10.0 Å². The number of ether oxygens (including phenoxy) is 2. The highest BCUT2D eigenvalue weighted by Crippen LogP contribution is 2.25. The second kappa shape index (κ2) is 9.11. The van der Waals surface area contributed by atoms with Gasteiger partial charge in [0.15, 0.2) is 0 Å². The van der Waals surface area contributed by atoms with Crippen molar-refractivity contribution in [3.8, 4) is 0 Å². The molecule has 0 aromatic heterocycles. The lowest BCUT2D eigenvalue weighted by atomic mass is 10.4. The maximum atomic E-state index is 12.1. The number of rotatable bonds is 9. The Morgan fingerprint density at radius 1 is 1.20 bits per heavy atom. The van der Waals surface area contributed by atoms with Gasteiger partial charge in [-0.3, -0.25) is 0 Å². The molecule has 0 aliphatic carbocycles. The number of hydrogen-bond acceptors (Lipinski definition) is 4. The Balaban J connectivity index is 2.44. The lowest BCUT2D eigenvalue weighted by molar-refractivity contribution is 0.0699. The molecular weight excluding hydrogens is 414 g/mol. The molecule has 0 spiro atoms. The van der Waals surface area contributed by atoms with Gasteiger partial charge in [-0.15, -0.1) is 0 Å². The number of nitrogens with one attached hydrogen (secondary N) is 1. The predicted octanol–water partition coefficient (Wildman–Crippen LogP) is 2.54. The smallest absolute Gasteiger partial charge is 0.241 e. The van der Waals surface area contributed by atoms with Crippen molar-refractivity contribution in [3.63, 3.8) is 0 Å². The first-order chi connectivity index (χ1) is 9.47. The van der Waals surface area contributed by atoms with E-state index in [9.17, 15) is 8.42 Å². The van der Waals surface area contributed by atoms with Gasteiger partial charge in [-0.25, -0.2) is 13.1 Å². The molecule has 1 N–H and O–H groups in total. The lowest BCUT2D eigenvalue weighted by Gasteiger charge is -2.09. The Bertz CT molecular complexity index is 522. The van der Waals surface area contributed by atoms with Gasteiger partial charge in [0, 0.05) is 29.2 Å². The van der Waals surface area contributed by atoms with E-state index in [1.54, 1.807) is 25.3 Å². The molecule has 0 unspecified atom stereocenters. The van der Waals surface area contributed by atoms with Crippen molar-refractivity contribution in [3.05, 3.63) is 27.1 Å². The van der Waals surface area contributed by atoms with Gasteiger partial charge >= 0.3 is 0 Å². The molecule has 8 heteroatoms. The van der Waals surface area contributed by atoms with E-state index < -0.39 is 10.0 Å². The van der Waals surface area contributed by atoms with E-state index >= 15 is 0 Å². The number of halogens is 2. The van der Waals surface area contributed by atoms with Crippen LogP contribution in [0.25, 0.3) is 0 Å². The van der Waals surface area contributed by atoms with Crippen LogP contribution in [0.1, 0.15) is 6.42 Å². The molecule has 20 heavy (non-hydrogen) atoms. The minimum atomic E-state index is -3.52. The Labute approximate surface area is 136 Å². The summed E-state index contributed by atoms with van der Waals surface area (Å²) in [4.78, 5) is 0.215. The van der Waals surface area contributed by atoms with Crippen LogP contribution in [0, 0.1) is 0 Å². The number of methoxy groups -OCH3 is 1. The van der Waals surface area contributed by atoms with E-state index in [2.05, 4.69) is 36.6 Å². The molecule has 0 radical (unpaired) electrons. The molecule has 0 aliphatic rings. The van der Waals surface area contributed by atoms with Crippen molar-refractivity contribution in [1.29, 1.82) is 0 Å². The van der Waals surface area contributed by atoms with Crippen LogP contribution < -0.4 is 4.72 Å². The Hall–Kier alpha value is 0.01000. The van der Waals surface area contributed by atoms with Gasteiger partial charge in [0.05, 0.1) is 18.1 Å². The fourth-order valence-electron chi connectivity index (χ4n) is 1.39. The summed E-state index contributed by atoms with van der Waals surface area (Å²) in [5.41, 5.74) is 0. The Morgan fingerprint density at radius 2 is 1.95 bits per heavy atom. The van der Waals surface area contributed by atoms with Crippen LogP contribution in [0.3, 0.4) is 0 Å². The quantitative estimate of drug-likeness (QED) is 0.611. The predicted molar refractivity (Wildman–Crippen MR) is 84.3 cm³/mol. The molecule has 1 aromatic carbocycles. The van der Waals surface area contributed by atoms with Crippen molar-refractivity contribution >= 4 is 41.9 Å². The van der Waals surface area contributed by atoms with Crippen LogP contribution in [0.5, 0.6) is 0 Å². The molecule has 1 aromatic rings. The Morgan fingerprint density at radius 3 is 2.65 bits per heavy atom. The molecular formula is C12H17Br2NO4S. The topological polar surface area (TPSA) is 64.6 Å². The van der Waals surface area contributed by atoms with Gasteiger partial charge in [-0.1, -0.05) is 15.9 Å². The summed E-state index contributed by atoms with van der Waals surface area (Å²) in [6.45, 7) is 1.87. The fourth-order valence-corrected chi connectivity index (χ4v) is 3.96. The third kappa shape index (κ3) is 6.19. The van der Waals surface area contributed by atoms with Crippen molar-refractivity contribution in [1.82, 2.24) is 4.72 Å². The molecule has 0 saturated carbocycles. The fraction of sp³-hybridized carbons (Fsp3) is 0.500. The summed E-state index contributed by atoms with van der Waals surface area (Å²) in [6, 6.07) is 5.01. The molecule has 0 atom stereocenters.